The lowest BCUT2D eigenvalue weighted by Crippen LogP contribution is -2.55. The molecule has 4 fully saturated rings. The molecule has 0 saturated heterocycles. The number of carbonyl (C=O) groups excluding carboxylic acids is 1. The van der Waals surface area contributed by atoms with E-state index in [9.17, 15) is 10.1 Å². The fourth-order valence-electron chi connectivity index (χ4n) is 6.45. The van der Waals surface area contributed by atoms with Gasteiger partial charge in [0.1, 0.15) is 11.6 Å². The van der Waals surface area contributed by atoms with Gasteiger partial charge in [-0.3, -0.25) is 4.79 Å². The number of nitrogens with one attached hydrogen (secondary N) is 1. The van der Waals surface area contributed by atoms with E-state index in [1.54, 1.807) is 18.2 Å². The van der Waals surface area contributed by atoms with Gasteiger partial charge in [-0.25, -0.2) is 0 Å². The second kappa shape index (κ2) is 6.55. The van der Waals surface area contributed by atoms with Gasteiger partial charge in [-0.2, -0.15) is 5.26 Å². The van der Waals surface area contributed by atoms with Gasteiger partial charge in [0.25, 0.3) is 5.91 Å². The van der Waals surface area contributed by atoms with Crippen LogP contribution in [0.2, 0.25) is 0 Å². The number of hydrogen-bond donors (Lipinski definition) is 1. The quantitative estimate of drug-likeness (QED) is 0.634. The third kappa shape index (κ3) is 2.96. The van der Waals surface area contributed by atoms with E-state index in [1.807, 2.05) is 6.07 Å². The van der Waals surface area contributed by atoms with Crippen molar-refractivity contribution >= 4 is 12.0 Å². The van der Waals surface area contributed by atoms with Crippen LogP contribution >= 0.6 is 0 Å². The lowest BCUT2D eigenvalue weighted by molar-refractivity contribution is -0.121. The molecule has 4 bridgehead atoms. The molecule has 0 aromatic heterocycles. The summed E-state index contributed by atoms with van der Waals surface area (Å²) in [5.41, 5.74) is 1.12. The van der Waals surface area contributed by atoms with Crippen LogP contribution in [0.25, 0.3) is 6.08 Å². The van der Waals surface area contributed by atoms with Crippen LogP contribution in [0.5, 0.6) is 11.5 Å². The summed E-state index contributed by atoms with van der Waals surface area (Å²) in [7, 11) is 0. The van der Waals surface area contributed by atoms with E-state index >= 15 is 0 Å². The van der Waals surface area contributed by atoms with Crippen molar-refractivity contribution in [2.45, 2.75) is 51.5 Å². The average molecular weight is 378 g/mol. The molecule has 5 heteroatoms. The Labute approximate surface area is 165 Å². The van der Waals surface area contributed by atoms with Crippen molar-refractivity contribution in [1.29, 1.82) is 5.26 Å². The summed E-state index contributed by atoms with van der Waals surface area (Å²) in [4.78, 5) is 12.9. The Hall–Kier alpha value is -2.48. The Balaban J connectivity index is 1.32. The van der Waals surface area contributed by atoms with Crippen LogP contribution < -0.4 is 14.8 Å². The zero-order valence-electron chi connectivity index (χ0n) is 16.2. The smallest absolute Gasteiger partial charge is 0.262 e. The molecule has 0 radical (unpaired) electrons. The molecule has 146 valence electrons. The Morgan fingerprint density at radius 2 is 1.82 bits per heavy atom. The molecule has 1 atom stereocenters. The van der Waals surface area contributed by atoms with Gasteiger partial charge >= 0.3 is 0 Å². The van der Waals surface area contributed by atoms with E-state index in [-0.39, 0.29) is 29.7 Å². The first-order valence-corrected chi connectivity index (χ1v) is 10.4. The van der Waals surface area contributed by atoms with E-state index in [2.05, 4.69) is 18.3 Å². The molecule has 6 rings (SSSR count). The zero-order chi connectivity index (χ0) is 19.3. The molecule has 0 spiro atoms. The third-order valence-corrected chi connectivity index (χ3v) is 7.42. The number of hydrogen-bond acceptors (Lipinski definition) is 4. The standard InChI is InChI=1S/C23H26N2O3/c1-14(23-9-16-4-17(10-23)6-18(5-16)11-23)25-22(26)19(12-24)7-15-2-3-20-21(8-15)28-13-27-20/h2-3,7-8,14,16-18H,4-6,9-11,13H2,1H3,(H,25,26). The maximum Gasteiger partial charge on any atom is 0.262 e. The minimum Gasteiger partial charge on any atom is -0.454 e. The minimum atomic E-state index is -0.275. The first kappa shape index (κ1) is 17.6. The summed E-state index contributed by atoms with van der Waals surface area (Å²) in [6.45, 7) is 2.34. The third-order valence-electron chi connectivity index (χ3n) is 7.42. The molecule has 5 nitrogen and oxygen atoms in total. The number of nitrogens with zero attached hydrogens (tertiary/aromatic N) is 1. The fraction of sp³-hybridized carbons (Fsp3) is 0.565. The van der Waals surface area contributed by atoms with Gasteiger partial charge in [0.2, 0.25) is 6.79 Å². The van der Waals surface area contributed by atoms with Crippen LogP contribution in [0, 0.1) is 34.5 Å². The molecular formula is C23H26N2O3. The largest absolute Gasteiger partial charge is 0.454 e. The number of benzene rings is 1. The topological polar surface area (TPSA) is 71.4 Å². The highest BCUT2D eigenvalue weighted by molar-refractivity contribution is 6.01. The molecule has 28 heavy (non-hydrogen) atoms. The van der Waals surface area contributed by atoms with Crippen molar-refractivity contribution in [3.63, 3.8) is 0 Å². The second-order valence-electron chi connectivity index (χ2n) is 9.26. The molecule has 4 saturated carbocycles. The van der Waals surface area contributed by atoms with Gasteiger partial charge in [-0.15, -0.1) is 0 Å². The number of nitriles is 1. The van der Waals surface area contributed by atoms with Crippen molar-refractivity contribution in [2.24, 2.45) is 23.2 Å². The Morgan fingerprint density at radius 3 is 2.46 bits per heavy atom. The average Bonchev–Trinajstić information content (AvgIpc) is 3.12. The summed E-state index contributed by atoms with van der Waals surface area (Å²) in [6, 6.07) is 7.61. The predicted molar refractivity (Wildman–Crippen MR) is 104 cm³/mol. The molecule has 1 aromatic rings. The molecule has 1 N–H and O–H groups in total. The first-order chi connectivity index (χ1) is 13.5. The Morgan fingerprint density at radius 1 is 1.18 bits per heavy atom. The molecule has 4 aliphatic carbocycles. The SMILES string of the molecule is CC(NC(=O)C(C#N)=Cc1ccc2c(c1)OCO2)C12CC3CC(CC(C3)C1)C2. The summed E-state index contributed by atoms with van der Waals surface area (Å²) in [5.74, 6) is 3.58. The molecule has 1 aromatic carbocycles. The summed E-state index contributed by atoms with van der Waals surface area (Å²) >= 11 is 0. The van der Waals surface area contributed by atoms with Crippen molar-refractivity contribution in [2.75, 3.05) is 6.79 Å². The van der Waals surface area contributed by atoms with E-state index < -0.39 is 0 Å². The van der Waals surface area contributed by atoms with E-state index in [0.717, 1.165) is 23.3 Å². The van der Waals surface area contributed by atoms with Gasteiger partial charge in [0.05, 0.1) is 0 Å². The number of carbonyl (C=O) groups is 1. The van der Waals surface area contributed by atoms with Crippen molar-refractivity contribution < 1.29 is 14.3 Å². The molecule has 1 heterocycles. The molecular weight excluding hydrogens is 352 g/mol. The maximum atomic E-state index is 12.9. The lowest BCUT2D eigenvalue weighted by Gasteiger charge is -2.59. The second-order valence-corrected chi connectivity index (χ2v) is 9.26. The Bertz CT molecular complexity index is 847. The van der Waals surface area contributed by atoms with Crippen molar-refractivity contribution in [3.8, 4) is 17.6 Å². The Kier molecular flexibility index (Phi) is 4.12. The number of fused-ring (bicyclic) bond motifs is 1. The van der Waals surface area contributed by atoms with Crippen LogP contribution in [0.3, 0.4) is 0 Å². The van der Waals surface area contributed by atoms with E-state index in [0.29, 0.717) is 11.5 Å². The van der Waals surface area contributed by atoms with Crippen LogP contribution in [0.1, 0.15) is 51.0 Å². The van der Waals surface area contributed by atoms with Gasteiger partial charge in [0.15, 0.2) is 11.5 Å². The monoisotopic (exact) mass is 378 g/mol. The predicted octanol–water partition coefficient (Wildman–Crippen LogP) is 4.04. The summed E-state index contributed by atoms with van der Waals surface area (Å²) in [6.07, 6.45) is 9.47. The zero-order valence-corrected chi connectivity index (χ0v) is 16.2. The summed E-state index contributed by atoms with van der Waals surface area (Å²) < 4.78 is 10.7. The van der Waals surface area contributed by atoms with Gasteiger partial charge in [-0.1, -0.05) is 6.07 Å². The van der Waals surface area contributed by atoms with Gasteiger partial charge < -0.3 is 14.8 Å². The van der Waals surface area contributed by atoms with Crippen molar-refractivity contribution in [3.05, 3.63) is 29.3 Å². The molecule has 5 aliphatic rings. The molecule has 1 aliphatic heterocycles. The highest BCUT2D eigenvalue weighted by atomic mass is 16.7. The van der Waals surface area contributed by atoms with Crippen LogP contribution in [-0.4, -0.2) is 18.7 Å². The lowest BCUT2D eigenvalue weighted by atomic mass is 9.48. The van der Waals surface area contributed by atoms with Crippen LogP contribution in [-0.2, 0) is 4.79 Å². The normalized spacial score (nSPS) is 33.4. The van der Waals surface area contributed by atoms with Crippen LogP contribution in [0.15, 0.2) is 23.8 Å². The molecule has 1 unspecified atom stereocenters. The number of rotatable bonds is 4. The van der Waals surface area contributed by atoms with E-state index in [1.165, 1.54) is 38.5 Å². The summed E-state index contributed by atoms with van der Waals surface area (Å²) in [5, 5.41) is 12.7. The highest BCUT2D eigenvalue weighted by Crippen LogP contribution is 2.61. The van der Waals surface area contributed by atoms with Crippen LogP contribution in [0.4, 0.5) is 0 Å². The van der Waals surface area contributed by atoms with E-state index in [4.69, 9.17) is 9.47 Å². The maximum absolute atomic E-state index is 12.9. The van der Waals surface area contributed by atoms with Gasteiger partial charge in [-0.05, 0) is 92.4 Å². The minimum absolute atomic E-state index is 0.0990. The first-order valence-electron chi connectivity index (χ1n) is 10.4. The highest BCUT2D eigenvalue weighted by Gasteiger charge is 2.53. The van der Waals surface area contributed by atoms with Gasteiger partial charge in [0, 0.05) is 6.04 Å². The fourth-order valence-corrected chi connectivity index (χ4v) is 6.45. The molecule has 1 amide bonds. The van der Waals surface area contributed by atoms with Crippen molar-refractivity contribution in [1.82, 2.24) is 5.32 Å². The number of ether oxygens (including phenoxy) is 2. The number of amides is 1.